The van der Waals surface area contributed by atoms with E-state index in [0.717, 1.165) is 0 Å². The van der Waals surface area contributed by atoms with Gasteiger partial charge >= 0.3 is 0 Å². The Balaban J connectivity index is 2.00. The maximum absolute atomic E-state index is 13.5. The van der Waals surface area contributed by atoms with Gasteiger partial charge < -0.3 is 50.1 Å². The molecular formula is C48H73N11O8. The topological polar surface area (TPSA) is 357 Å². The lowest BCUT2D eigenvalue weighted by atomic mass is 9.55. The average molecular weight is 932 g/mol. The van der Waals surface area contributed by atoms with Crippen LogP contribution in [0.25, 0.3) is 0 Å². The van der Waals surface area contributed by atoms with E-state index in [-0.39, 0.29) is 76.7 Å². The molecule has 368 valence electrons. The van der Waals surface area contributed by atoms with Crippen LogP contribution in [0.4, 0.5) is 0 Å². The number of nitrogens with two attached hydrogens (primary N) is 6. The Hall–Kier alpha value is -5.72. The number of primary amides is 6. The molecule has 8 bridgehead atoms. The number of hydrogen-bond acceptors (Lipinski definition) is 12. The van der Waals surface area contributed by atoms with Crippen LogP contribution in [0, 0.1) is 45.3 Å². The number of allylic oxidation sites excluding steroid dienone is 6. The number of fused-ring (bicyclic) bond motifs is 6. The van der Waals surface area contributed by atoms with Crippen LogP contribution in [0.1, 0.15) is 133 Å². The van der Waals surface area contributed by atoms with E-state index in [1.807, 2.05) is 61.5 Å². The molecule has 67 heavy (non-hydrogen) atoms. The molecule has 5 rings (SSSR count). The second-order valence-electron chi connectivity index (χ2n) is 21.2. The maximum atomic E-state index is 13.5. The molecule has 1 saturated heterocycles. The van der Waals surface area contributed by atoms with Gasteiger partial charge in [0.25, 0.3) is 0 Å². The van der Waals surface area contributed by atoms with Crippen molar-refractivity contribution in [3.8, 4) is 0 Å². The van der Waals surface area contributed by atoms with Gasteiger partial charge in [-0.3, -0.25) is 48.5 Å². The highest BCUT2D eigenvalue weighted by Crippen LogP contribution is 2.62. The number of hydrogen-bond donors (Lipinski definition) is 9. The molecule has 5 aliphatic rings. The standard InChI is InChI=1S/C48H73N11O8/c1-23(60)22-55-38(67)16-17-45(6)29(18-35(52)64)43-48(9)47(8,21-37(54)66)28(12-15-34(51)63)40(59-48)25(3)42-46(7,20-36(53)65)26(10-13-32(49)61)30(56-42)19-31-44(4,5)27(11-14-33(50)62)39(57-31)24(2)41(45)58-43/h19,23,26-29,43,56,60H,10-18,20-22H2,1-9H3,(H2,49,61)(H2,50,62)(H2,51,63)(H2,52,64)(H2,53,65)(H2,54,66)(H,55,67)/b30-19-,39-24-,42-25-/t23-,26+,27+,28+,29-,43+,45+,46-,47-,48-/m0/s1. The van der Waals surface area contributed by atoms with E-state index in [1.165, 1.54) is 0 Å². The smallest absolute Gasteiger partial charge is 0.220 e. The third kappa shape index (κ3) is 9.84. The number of aliphatic imine (C=N–C) groups is 3. The van der Waals surface area contributed by atoms with Gasteiger partial charge in [0.15, 0.2) is 0 Å². The predicted octanol–water partition coefficient (Wildman–Crippen LogP) is 1.74. The fraction of sp³-hybridized carbons (Fsp3) is 0.667. The van der Waals surface area contributed by atoms with Crippen LogP contribution >= 0.6 is 0 Å². The fourth-order valence-electron chi connectivity index (χ4n) is 12.3. The highest BCUT2D eigenvalue weighted by Gasteiger charge is 2.66. The lowest BCUT2D eigenvalue weighted by Gasteiger charge is -2.48. The van der Waals surface area contributed by atoms with E-state index in [2.05, 4.69) is 10.6 Å². The van der Waals surface area contributed by atoms with Crippen molar-refractivity contribution in [2.75, 3.05) is 6.54 Å². The van der Waals surface area contributed by atoms with Crippen LogP contribution in [0.15, 0.2) is 49.3 Å². The minimum atomic E-state index is -1.39. The molecule has 7 amide bonds. The summed E-state index contributed by atoms with van der Waals surface area (Å²) < 4.78 is 0. The molecule has 19 nitrogen and oxygen atoms in total. The molecule has 0 saturated carbocycles. The molecule has 0 aromatic rings. The van der Waals surface area contributed by atoms with Gasteiger partial charge in [-0.2, -0.15) is 0 Å². The first-order chi connectivity index (χ1) is 30.9. The maximum Gasteiger partial charge on any atom is 0.220 e. The van der Waals surface area contributed by atoms with E-state index in [0.29, 0.717) is 51.8 Å². The summed E-state index contributed by atoms with van der Waals surface area (Å²) in [5, 5.41) is 16.4. The summed E-state index contributed by atoms with van der Waals surface area (Å²) in [6.45, 7) is 16.9. The van der Waals surface area contributed by atoms with Crippen molar-refractivity contribution >= 4 is 58.5 Å². The second-order valence-corrected chi connectivity index (χ2v) is 21.2. The van der Waals surface area contributed by atoms with E-state index in [4.69, 9.17) is 49.4 Å². The average Bonchev–Trinajstić information content (AvgIpc) is 3.80. The van der Waals surface area contributed by atoms with E-state index < -0.39 is 98.5 Å². The second kappa shape index (κ2) is 19.1. The highest BCUT2D eigenvalue weighted by atomic mass is 16.3. The molecule has 19 heteroatoms. The number of carbonyl (C=O) groups excluding carboxylic acids is 7. The fourth-order valence-corrected chi connectivity index (χ4v) is 12.3. The first kappa shape index (κ1) is 52.3. The lowest BCUT2D eigenvalue weighted by Crippen LogP contribution is -2.56. The van der Waals surface area contributed by atoms with Gasteiger partial charge in [0.2, 0.25) is 41.4 Å². The Bertz CT molecular complexity index is 2310. The van der Waals surface area contributed by atoms with Crippen molar-refractivity contribution in [3.63, 3.8) is 0 Å². The Morgan fingerprint density at radius 2 is 1.28 bits per heavy atom. The van der Waals surface area contributed by atoms with Gasteiger partial charge in [0.05, 0.1) is 17.7 Å². The van der Waals surface area contributed by atoms with Crippen molar-refractivity contribution in [1.29, 1.82) is 0 Å². The number of amides is 7. The van der Waals surface area contributed by atoms with Crippen LogP contribution in [0.3, 0.4) is 0 Å². The number of nitrogens with one attached hydrogen (secondary N) is 2. The molecule has 0 unspecified atom stereocenters. The molecule has 0 aromatic carbocycles. The Labute approximate surface area is 393 Å². The summed E-state index contributed by atoms with van der Waals surface area (Å²) in [5.74, 6) is -6.25. The van der Waals surface area contributed by atoms with Crippen LogP contribution in [0.5, 0.6) is 0 Å². The van der Waals surface area contributed by atoms with Gasteiger partial charge in [-0.25, -0.2) is 0 Å². The van der Waals surface area contributed by atoms with E-state index in [9.17, 15) is 38.7 Å². The van der Waals surface area contributed by atoms with E-state index >= 15 is 0 Å². The predicted molar refractivity (Wildman–Crippen MR) is 254 cm³/mol. The number of nitrogens with zero attached hydrogens (tertiary/aromatic N) is 3. The van der Waals surface area contributed by atoms with Gasteiger partial charge in [0.1, 0.15) is 0 Å². The van der Waals surface area contributed by atoms with Crippen LogP contribution in [-0.4, -0.2) is 87.8 Å². The quantitative estimate of drug-likeness (QED) is 0.0857. The van der Waals surface area contributed by atoms with Crippen LogP contribution < -0.4 is 45.0 Å². The summed E-state index contributed by atoms with van der Waals surface area (Å²) in [6, 6.07) is -0.913. The van der Waals surface area contributed by atoms with Crippen molar-refractivity contribution in [1.82, 2.24) is 10.6 Å². The largest absolute Gasteiger partial charge is 0.392 e. The molecule has 15 N–H and O–H groups in total. The molecule has 0 aliphatic carbocycles. The summed E-state index contributed by atoms with van der Waals surface area (Å²) in [5.41, 5.74) is 34.9. The number of rotatable bonds is 20. The zero-order chi connectivity index (χ0) is 50.4. The van der Waals surface area contributed by atoms with Crippen molar-refractivity contribution in [2.45, 2.75) is 151 Å². The summed E-state index contributed by atoms with van der Waals surface area (Å²) in [6.07, 6.45) is 1.23. The van der Waals surface area contributed by atoms with Gasteiger partial charge in [-0.15, -0.1) is 0 Å². The Morgan fingerprint density at radius 3 is 1.81 bits per heavy atom. The van der Waals surface area contributed by atoms with Crippen molar-refractivity contribution in [3.05, 3.63) is 34.3 Å². The molecule has 10 atom stereocenters. The summed E-state index contributed by atoms with van der Waals surface area (Å²) in [4.78, 5) is 108. The zero-order valence-electron chi connectivity index (χ0n) is 40.6. The van der Waals surface area contributed by atoms with Crippen molar-refractivity contribution in [2.24, 2.45) is 94.7 Å². The number of aliphatic hydroxyl groups excluding tert-OH is 1. The van der Waals surface area contributed by atoms with Crippen LogP contribution in [-0.2, 0) is 33.6 Å². The summed E-state index contributed by atoms with van der Waals surface area (Å²) >= 11 is 0. The Morgan fingerprint density at radius 1 is 0.731 bits per heavy atom. The molecule has 0 aromatic heterocycles. The Kier molecular flexibility index (Phi) is 14.9. The summed E-state index contributed by atoms with van der Waals surface area (Å²) in [7, 11) is 0. The molecule has 1 fully saturated rings. The van der Waals surface area contributed by atoms with Gasteiger partial charge in [0, 0.05) is 131 Å². The minimum Gasteiger partial charge on any atom is -0.392 e. The molecule has 0 radical (unpaired) electrons. The van der Waals surface area contributed by atoms with Gasteiger partial charge in [-0.1, -0.05) is 34.6 Å². The van der Waals surface area contributed by atoms with Gasteiger partial charge in [-0.05, 0) is 70.6 Å². The number of carbonyl (C=O) groups is 7. The molecule has 5 heterocycles. The SMILES string of the molecule is C/C1=C2N=C(/C=C3\N/C(=C(/C)C4=N[C@@](C)([C@@H]5N=C1[C@](C)(CCC(=O)NC[C@H](C)O)[C@H]5CC(N)=O)[C@@](C)(CC(N)=O)[C@@H]4CCC(N)=O)[C@@](C)(CC(N)=O)[C@@H]3CCC(N)=O)C(C)(C)[C@@H]/2CCC(N)=O. The molecule has 5 aliphatic heterocycles. The molecule has 0 spiro atoms. The first-order valence-corrected chi connectivity index (χ1v) is 23.3. The highest BCUT2D eigenvalue weighted by molar-refractivity contribution is 6.10. The number of aliphatic hydroxyl groups is 1. The van der Waals surface area contributed by atoms with Crippen LogP contribution in [0.2, 0.25) is 0 Å². The van der Waals surface area contributed by atoms with Crippen molar-refractivity contribution < 1.29 is 38.7 Å². The first-order valence-electron chi connectivity index (χ1n) is 23.3. The minimum absolute atomic E-state index is 0.0237. The normalized spacial score (nSPS) is 35.2. The third-order valence-corrected chi connectivity index (χ3v) is 16.1. The monoisotopic (exact) mass is 932 g/mol. The zero-order valence-corrected chi connectivity index (χ0v) is 40.6. The molecular weight excluding hydrogens is 859 g/mol. The third-order valence-electron chi connectivity index (χ3n) is 16.1. The lowest BCUT2D eigenvalue weighted by molar-refractivity contribution is -0.124. The van der Waals surface area contributed by atoms with E-state index in [1.54, 1.807) is 6.92 Å².